The second-order valence-electron chi connectivity index (χ2n) is 5.29. The van der Waals surface area contributed by atoms with Crippen molar-refractivity contribution in [2.75, 3.05) is 7.11 Å². The molecule has 2 aromatic rings. The summed E-state index contributed by atoms with van der Waals surface area (Å²) in [7, 11) is 1.53. The minimum absolute atomic E-state index is 0.203. The van der Waals surface area contributed by atoms with E-state index in [-0.39, 0.29) is 12.0 Å². The Morgan fingerprint density at radius 2 is 2.14 bits per heavy atom. The predicted molar refractivity (Wildman–Crippen MR) is 73.5 cm³/mol. The highest BCUT2D eigenvalue weighted by molar-refractivity contribution is 5.47. The molecule has 2 heterocycles. The van der Waals surface area contributed by atoms with Crippen LogP contribution in [0.1, 0.15) is 31.6 Å². The van der Waals surface area contributed by atoms with Crippen molar-refractivity contribution in [1.29, 1.82) is 0 Å². The van der Waals surface area contributed by atoms with Crippen molar-refractivity contribution < 1.29 is 14.4 Å². The number of ether oxygens (including phenoxy) is 1. The maximum Gasteiger partial charge on any atom is 0.233 e. The number of methoxy groups -OCH3 is 1. The lowest BCUT2D eigenvalue weighted by Crippen LogP contribution is -2.26. The summed E-state index contributed by atoms with van der Waals surface area (Å²) in [6, 6.07) is 3.43. The van der Waals surface area contributed by atoms with Gasteiger partial charge in [-0.05, 0) is 24.8 Å². The lowest BCUT2D eigenvalue weighted by Gasteiger charge is -2.26. The smallest absolute Gasteiger partial charge is 0.233 e. The van der Waals surface area contributed by atoms with Gasteiger partial charge in [-0.25, -0.2) is 0 Å². The average Bonchev–Trinajstić information content (AvgIpc) is 2.98. The lowest BCUT2D eigenvalue weighted by molar-refractivity contribution is 0.0657. The number of aliphatic hydroxyl groups is 1. The molecule has 0 saturated heterocycles. The Morgan fingerprint density at radius 3 is 2.86 bits per heavy atom. The highest BCUT2D eigenvalue weighted by atomic mass is 16.5. The SMILES string of the molecule is COc1ccc(-c2noc(CC3CCCCC3O)n2)nn1. The van der Waals surface area contributed by atoms with Gasteiger partial charge < -0.3 is 14.4 Å². The summed E-state index contributed by atoms with van der Waals surface area (Å²) in [5, 5.41) is 21.8. The fourth-order valence-electron chi connectivity index (χ4n) is 2.64. The zero-order valence-corrected chi connectivity index (χ0v) is 11.9. The van der Waals surface area contributed by atoms with E-state index >= 15 is 0 Å². The van der Waals surface area contributed by atoms with Crippen molar-refractivity contribution in [1.82, 2.24) is 20.3 Å². The zero-order chi connectivity index (χ0) is 14.7. The summed E-state index contributed by atoms with van der Waals surface area (Å²) < 4.78 is 10.2. The van der Waals surface area contributed by atoms with E-state index in [1.807, 2.05) is 0 Å². The second-order valence-corrected chi connectivity index (χ2v) is 5.29. The first kappa shape index (κ1) is 13.9. The first-order chi connectivity index (χ1) is 10.3. The Hall–Kier alpha value is -2.02. The molecular formula is C14H18N4O3. The maximum absolute atomic E-state index is 9.99. The van der Waals surface area contributed by atoms with Gasteiger partial charge in [-0.15, -0.1) is 10.2 Å². The van der Waals surface area contributed by atoms with E-state index < -0.39 is 0 Å². The average molecular weight is 290 g/mol. The molecule has 1 aliphatic carbocycles. The topological polar surface area (TPSA) is 94.2 Å². The van der Waals surface area contributed by atoms with Crippen LogP contribution in [0.25, 0.3) is 11.5 Å². The van der Waals surface area contributed by atoms with Crippen LogP contribution < -0.4 is 4.74 Å². The second kappa shape index (κ2) is 6.17. The third-order valence-electron chi connectivity index (χ3n) is 3.85. The molecule has 1 aliphatic rings. The molecule has 1 N–H and O–H groups in total. The van der Waals surface area contributed by atoms with E-state index in [0.29, 0.717) is 29.7 Å². The van der Waals surface area contributed by atoms with E-state index in [1.165, 1.54) is 7.11 Å². The van der Waals surface area contributed by atoms with E-state index in [1.54, 1.807) is 12.1 Å². The Bertz CT molecular complexity index is 584. The Kier molecular flexibility index (Phi) is 4.10. The van der Waals surface area contributed by atoms with Crippen LogP contribution >= 0.6 is 0 Å². The number of rotatable bonds is 4. The number of hydrogen-bond acceptors (Lipinski definition) is 7. The Balaban J connectivity index is 1.70. The maximum atomic E-state index is 9.99. The molecule has 7 nitrogen and oxygen atoms in total. The highest BCUT2D eigenvalue weighted by Gasteiger charge is 2.25. The predicted octanol–water partition coefficient (Wildman–Crippen LogP) is 1.63. The van der Waals surface area contributed by atoms with E-state index in [0.717, 1.165) is 25.7 Å². The van der Waals surface area contributed by atoms with Gasteiger partial charge in [0.15, 0.2) is 0 Å². The van der Waals surface area contributed by atoms with Crippen LogP contribution in [0.2, 0.25) is 0 Å². The van der Waals surface area contributed by atoms with Gasteiger partial charge in [0.1, 0.15) is 5.69 Å². The van der Waals surface area contributed by atoms with Crippen LogP contribution in [-0.4, -0.2) is 38.7 Å². The standard InChI is InChI=1S/C14H18N4O3/c1-20-12-7-6-10(16-17-12)14-15-13(21-18-14)8-9-4-2-3-5-11(9)19/h6-7,9,11,19H,2-5,8H2,1H3. The molecule has 1 fully saturated rings. The molecule has 0 spiro atoms. The molecule has 0 aromatic carbocycles. The number of hydrogen-bond donors (Lipinski definition) is 1. The Morgan fingerprint density at radius 1 is 1.29 bits per heavy atom. The van der Waals surface area contributed by atoms with Crippen molar-refractivity contribution in [2.45, 2.75) is 38.2 Å². The first-order valence-electron chi connectivity index (χ1n) is 7.15. The molecule has 7 heteroatoms. The van der Waals surface area contributed by atoms with Gasteiger partial charge >= 0.3 is 0 Å². The third kappa shape index (κ3) is 3.18. The molecule has 2 aromatic heterocycles. The molecule has 21 heavy (non-hydrogen) atoms. The molecule has 0 radical (unpaired) electrons. The molecule has 0 aliphatic heterocycles. The number of nitrogens with zero attached hydrogens (tertiary/aromatic N) is 4. The fraction of sp³-hybridized carbons (Fsp3) is 0.571. The molecular weight excluding hydrogens is 272 g/mol. The summed E-state index contributed by atoms with van der Waals surface area (Å²) in [5.74, 6) is 1.58. The molecule has 1 saturated carbocycles. The third-order valence-corrected chi connectivity index (χ3v) is 3.85. The summed E-state index contributed by atoms with van der Waals surface area (Å²) in [6.07, 6.45) is 4.44. The minimum atomic E-state index is -0.269. The summed E-state index contributed by atoms with van der Waals surface area (Å²) in [4.78, 5) is 4.33. The van der Waals surface area contributed by atoms with Gasteiger partial charge in [0.25, 0.3) is 0 Å². The fourth-order valence-corrected chi connectivity index (χ4v) is 2.64. The van der Waals surface area contributed by atoms with Crippen molar-refractivity contribution in [2.24, 2.45) is 5.92 Å². The molecule has 112 valence electrons. The molecule has 3 rings (SSSR count). The highest BCUT2D eigenvalue weighted by Crippen LogP contribution is 2.27. The van der Waals surface area contributed by atoms with Gasteiger partial charge in [0.05, 0.1) is 13.2 Å². The Labute approximate surface area is 122 Å². The van der Waals surface area contributed by atoms with Crippen molar-refractivity contribution >= 4 is 0 Å². The summed E-state index contributed by atoms with van der Waals surface area (Å²) >= 11 is 0. The largest absolute Gasteiger partial charge is 0.480 e. The normalized spacial score (nSPS) is 22.2. The van der Waals surface area contributed by atoms with Crippen LogP contribution in [-0.2, 0) is 6.42 Å². The van der Waals surface area contributed by atoms with Gasteiger partial charge in [-0.1, -0.05) is 18.0 Å². The first-order valence-corrected chi connectivity index (χ1v) is 7.15. The van der Waals surface area contributed by atoms with Gasteiger partial charge in [-0.3, -0.25) is 0 Å². The zero-order valence-electron chi connectivity index (χ0n) is 11.9. The van der Waals surface area contributed by atoms with Crippen molar-refractivity contribution in [3.8, 4) is 17.4 Å². The van der Waals surface area contributed by atoms with Crippen LogP contribution in [0, 0.1) is 5.92 Å². The monoisotopic (exact) mass is 290 g/mol. The molecule has 0 amide bonds. The van der Waals surface area contributed by atoms with Gasteiger partial charge in [-0.2, -0.15) is 4.98 Å². The number of aromatic nitrogens is 4. The van der Waals surface area contributed by atoms with Gasteiger partial charge in [0, 0.05) is 12.5 Å². The number of aliphatic hydroxyl groups excluding tert-OH is 1. The molecule has 2 unspecified atom stereocenters. The van der Waals surface area contributed by atoms with Crippen molar-refractivity contribution in [3.05, 3.63) is 18.0 Å². The van der Waals surface area contributed by atoms with Crippen LogP contribution in [0.4, 0.5) is 0 Å². The summed E-state index contributed by atoms with van der Waals surface area (Å²) in [6.45, 7) is 0. The van der Waals surface area contributed by atoms with Crippen LogP contribution in [0.15, 0.2) is 16.7 Å². The summed E-state index contributed by atoms with van der Waals surface area (Å²) in [5.41, 5.74) is 0.537. The molecule has 0 bridgehead atoms. The van der Waals surface area contributed by atoms with E-state index in [4.69, 9.17) is 9.26 Å². The van der Waals surface area contributed by atoms with Gasteiger partial charge in [0.2, 0.25) is 17.6 Å². The lowest BCUT2D eigenvalue weighted by atomic mass is 9.84. The van der Waals surface area contributed by atoms with E-state index in [2.05, 4.69) is 20.3 Å². The van der Waals surface area contributed by atoms with E-state index in [9.17, 15) is 5.11 Å². The quantitative estimate of drug-likeness (QED) is 0.914. The molecule has 2 atom stereocenters. The van der Waals surface area contributed by atoms with Crippen molar-refractivity contribution in [3.63, 3.8) is 0 Å². The van der Waals surface area contributed by atoms with Crippen LogP contribution in [0.5, 0.6) is 5.88 Å². The minimum Gasteiger partial charge on any atom is -0.480 e. The van der Waals surface area contributed by atoms with Crippen LogP contribution in [0.3, 0.4) is 0 Å².